The van der Waals surface area contributed by atoms with Crippen molar-refractivity contribution in [2.24, 2.45) is 40.4 Å². The van der Waals surface area contributed by atoms with Gasteiger partial charge in [0.15, 0.2) is 11.6 Å². The quantitative estimate of drug-likeness (QED) is 0.345. The number of fused-ring (bicyclic) bond motifs is 5. The van der Waals surface area contributed by atoms with Crippen LogP contribution in [0.1, 0.15) is 59.8 Å². The lowest BCUT2D eigenvalue weighted by atomic mass is 9.46. The SMILES string of the molecule is CC1CC2C3CCC4=CC(=O)C=CC4(C)C3C(O)CC2(C)C1C(=O)CCl.CCC(=O)OS. The number of ketones is 2. The number of rotatable bonds is 3. The Morgan fingerprint density at radius 3 is 2.59 bits per heavy atom. The molecule has 178 valence electrons. The van der Waals surface area contributed by atoms with Gasteiger partial charge in [0, 0.05) is 36.6 Å². The van der Waals surface area contributed by atoms with Crippen molar-refractivity contribution < 1.29 is 23.7 Å². The molecule has 0 aliphatic heterocycles. The zero-order valence-electron chi connectivity index (χ0n) is 19.3. The topological polar surface area (TPSA) is 80.7 Å². The van der Waals surface area contributed by atoms with Crippen molar-refractivity contribution in [3.05, 3.63) is 23.8 Å². The van der Waals surface area contributed by atoms with Crippen molar-refractivity contribution in [1.82, 2.24) is 0 Å². The molecule has 0 aromatic carbocycles. The number of carbonyl (C=O) groups is 3. The molecule has 0 bridgehead atoms. The lowest BCUT2D eigenvalue weighted by molar-refractivity contribution is -0.138. The van der Waals surface area contributed by atoms with Crippen LogP contribution in [0.25, 0.3) is 0 Å². The number of halogens is 1. The van der Waals surface area contributed by atoms with Gasteiger partial charge in [-0.3, -0.25) is 14.4 Å². The minimum atomic E-state index is -0.455. The summed E-state index contributed by atoms with van der Waals surface area (Å²) in [5.74, 6) is 1.20. The summed E-state index contributed by atoms with van der Waals surface area (Å²) in [6.07, 6.45) is 9.03. The van der Waals surface area contributed by atoms with Gasteiger partial charge in [0.1, 0.15) is 0 Å². The molecule has 0 heterocycles. The first kappa shape index (κ1) is 25.5. The first-order valence-electron chi connectivity index (χ1n) is 11.6. The maximum Gasteiger partial charge on any atom is 0.317 e. The van der Waals surface area contributed by atoms with Crippen molar-refractivity contribution >= 4 is 42.0 Å². The number of allylic oxidation sites excluding steroid dienone is 4. The lowest BCUT2D eigenvalue weighted by Gasteiger charge is -2.58. The van der Waals surface area contributed by atoms with Crippen molar-refractivity contribution in [1.29, 1.82) is 0 Å². The summed E-state index contributed by atoms with van der Waals surface area (Å²) < 4.78 is 3.95. The number of hydrogen-bond donors (Lipinski definition) is 2. The van der Waals surface area contributed by atoms with E-state index in [1.54, 1.807) is 19.1 Å². The first-order valence-corrected chi connectivity index (χ1v) is 12.5. The molecule has 0 spiro atoms. The van der Waals surface area contributed by atoms with Crippen LogP contribution < -0.4 is 0 Å². The lowest BCUT2D eigenvalue weighted by Crippen LogP contribution is -2.56. The third kappa shape index (κ3) is 4.23. The van der Waals surface area contributed by atoms with Gasteiger partial charge in [0.2, 0.25) is 0 Å². The van der Waals surface area contributed by atoms with E-state index in [1.165, 1.54) is 5.57 Å². The van der Waals surface area contributed by atoms with Crippen LogP contribution in [0.3, 0.4) is 0 Å². The molecule has 5 nitrogen and oxygen atoms in total. The largest absolute Gasteiger partial charge is 0.395 e. The van der Waals surface area contributed by atoms with Crippen molar-refractivity contribution in [3.8, 4) is 0 Å². The van der Waals surface area contributed by atoms with E-state index in [0.717, 1.165) is 19.3 Å². The van der Waals surface area contributed by atoms with Gasteiger partial charge in [0.25, 0.3) is 0 Å². The first-order chi connectivity index (χ1) is 15.0. The minimum absolute atomic E-state index is 0.0474. The highest BCUT2D eigenvalue weighted by molar-refractivity contribution is 7.75. The summed E-state index contributed by atoms with van der Waals surface area (Å²) in [6.45, 7) is 8.28. The number of aliphatic hydroxyl groups excluding tert-OH is 1. The average Bonchev–Trinajstić information content (AvgIpc) is 3.02. The molecular weight excluding hydrogens is 448 g/mol. The van der Waals surface area contributed by atoms with E-state index in [0.29, 0.717) is 30.6 Å². The zero-order valence-corrected chi connectivity index (χ0v) is 21.0. The molecule has 4 aliphatic carbocycles. The van der Waals surface area contributed by atoms with E-state index in [9.17, 15) is 19.5 Å². The van der Waals surface area contributed by atoms with Gasteiger partial charge in [-0.15, -0.1) is 11.6 Å². The molecule has 4 aliphatic rings. The third-order valence-corrected chi connectivity index (χ3v) is 9.17. The van der Waals surface area contributed by atoms with Crippen LogP contribution in [0.5, 0.6) is 0 Å². The summed E-state index contributed by atoms with van der Waals surface area (Å²) in [5.41, 5.74) is 0.765. The Bertz CT molecular complexity index is 832. The summed E-state index contributed by atoms with van der Waals surface area (Å²) in [4.78, 5) is 34.3. The number of alkyl halides is 1. The number of Topliss-reactive ketones (excluding diaryl/α,β-unsaturated/α-hetero) is 1. The molecule has 1 N–H and O–H groups in total. The van der Waals surface area contributed by atoms with Gasteiger partial charge < -0.3 is 9.29 Å². The van der Waals surface area contributed by atoms with Gasteiger partial charge in [-0.05, 0) is 61.0 Å². The van der Waals surface area contributed by atoms with Gasteiger partial charge in [-0.25, -0.2) is 0 Å². The van der Waals surface area contributed by atoms with Crippen LogP contribution in [0.15, 0.2) is 23.8 Å². The maximum absolute atomic E-state index is 12.6. The summed E-state index contributed by atoms with van der Waals surface area (Å²) >= 11 is 9.18. The van der Waals surface area contributed by atoms with Gasteiger partial charge >= 0.3 is 5.97 Å². The second-order valence-corrected chi connectivity index (χ2v) is 10.9. The van der Waals surface area contributed by atoms with Gasteiger partial charge in [-0.1, -0.05) is 39.3 Å². The predicted molar refractivity (Wildman–Crippen MR) is 127 cm³/mol. The number of aliphatic hydroxyl groups is 1. The van der Waals surface area contributed by atoms with Crippen molar-refractivity contribution in [2.75, 3.05) is 5.88 Å². The molecule has 0 radical (unpaired) electrons. The molecule has 0 aromatic rings. The van der Waals surface area contributed by atoms with Crippen LogP contribution in [0.2, 0.25) is 0 Å². The summed E-state index contributed by atoms with van der Waals surface area (Å²) in [7, 11) is 0. The van der Waals surface area contributed by atoms with E-state index in [2.05, 4.69) is 37.9 Å². The Morgan fingerprint density at radius 1 is 1.34 bits per heavy atom. The molecule has 7 heteroatoms. The zero-order chi connectivity index (χ0) is 23.8. The molecule has 4 rings (SSSR count). The fourth-order valence-electron chi connectivity index (χ4n) is 7.53. The molecule has 32 heavy (non-hydrogen) atoms. The second kappa shape index (κ2) is 9.63. The molecule has 0 aromatic heterocycles. The third-order valence-electron chi connectivity index (χ3n) is 8.70. The Balaban J connectivity index is 0.000000427. The number of carbonyl (C=O) groups excluding carboxylic acids is 3. The smallest absolute Gasteiger partial charge is 0.317 e. The highest BCUT2D eigenvalue weighted by Gasteiger charge is 2.64. The fourth-order valence-corrected chi connectivity index (χ4v) is 7.82. The van der Waals surface area contributed by atoms with E-state index < -0.39 is 6.10 Å². The molecule has 3 fully saturated rings. The summed E-state index contributed by atoms with van der Waals surface area (Å²) in [6, 6.07) is 0. The second-order valence-electron chi connectivity index (χ2n) is 10.4. The Labute approximate surface area is 201 Å². The highest BCUT2D eigenvalue weighted by Crippen LogP contribution is 2.67. The van der Waals surface area contributed by atoms with Gasteiger partial charge in [0.05, 0.1) is 12.0 Å². The van der Waals surface area contributed by atoms with Crippen LogP contribution >= 0.6 is 24.5 Å². The van der Waals surface area contributed by atoms with E-state index in [4.69, 9.17) is 11.6 Å². The normalized spacial score (nSPS) is 42.0. The molecule has 0 amide bonds. The average molecular weight is 483 g/mol. The van der Waals surface area contributed by atoms with Crippen molar-refractivity contribution in [3.63, 3.8) is 0 Å². The molecule has 0 saturated heterocycles. The number of hydrogen-bond acceptors (Lipinski definition) is 6. The van der Waals surface area contributed by atoms with Gasteiger partial charge in [-0.2, -0.15) is 0 Å². The van der Waals surface area contributed by atoms with Crippen LogP contribution in [0, 0.1) is 40.4 Å². The van der Waals surface area contributed by atoms with Crippen LogP contribution in [-0.4, -0.2) is 34.6 Å². The Morgan fingerprint density at radius 2 is 2.03 bits per heavy atom. The monoisotopic (exact) mass is 482 g/mol. The molecule has 3 saturated carbocycles. The van der Waals surface area contributed by atoms with Crippen molar-refractivity contribution in [2.45, 2.75) is 65.9 Å². The summed E-state index contributed by atoms with van der Waals surface area (Å²) in [5, 5.41) is 11.3. The minimum Gasteiger partial charge on any atom is -0.395 e. The number of thiol groups is 1. The van der Waals surface area contributed by atoms with E-state index in [-0.39, 0.29) is 46.1 Å². The van der Waals surface area contributed by atoms with Crippen LogP contribution in [0.4, 0.5) is 0 Å². The molecule has 8 atom stereocenters. The van der Waals surface area contributed by atoms with E-state index >= 15 is 0 Å². The predicted octanol–water partition coefficient (Wildman–Crippen LogP) is 4.72. The Hall–Kier alpha value is -1.11. The van der Waals surface area contributed by atoms with E-state index in [1.807, 2.05) is 6.08 Å². The maximum atomic E-state index is 12.6. The Kier molecular flexibility index (Phi) is 7.68. The molecular formula is C25H35ClO5S. The standard InChI is InChI=1S/C22H29ClO3.C3H6O2S/c1-12-8-16-15-5-4-13-9-14(24)6-7-21(13,2)20(15)17(25)10-22(16,3)19(12)18(26)11-23;1-2-3(4)5-6/h6-7,9,12,15-17,19-20,25H,4-5,8,10-11H2,1-3H3;6H,2H2,1H3. The fraction of sp³-hybridized carbons (Fsp3) is 0.720. The highest BCUT2D eigenvalue weighted by atomic mass is 35.5. The molecule has 8 unspecified atom stereocenters. The van der Waals surface area contributed by atoms with Crippen LogP contribution in [-0.2, 0) is 18.6 Å².